The summed E-state index contributed by atoms with van der Waals surface area (Å²) in [7, 11) is 0. The van der Waals surface area contributed by atoms with Crippen molar-refractivity contribution >= 4 is 27.5 Å². The molecule has 0 bridgehead atoms. The molecule has 0 aliphatic rings. The maximum Gasteiger partial charge on any atom is 0.371 e. The van der Waals surface area contributed by atoms with Gasteiger partial charge < -0.3 is 9.52 Å². The Balaban J connectivity index is 1.95. The average molecular weight is 381 g/mol. The van der Waals surface area contributed by atoms with E-state index < -0.39 is 5.97 Å². The second kappa shape index (κ2) is 6.48. The third-order valence-corrected chi connectivity index (χ3v) is 5.51. The van der Waals surface area contributed by atoms with Crippen LogP contribution in [0.4, 0.5) is 0 Å². The molecule has 0 amide bonds. The summed E-state index contributed by atoms with van der Waals surface area (Å²) in [6.45, 7) is 3.95. The minimum Gasteiger partial charge on any atom is -0.475 e. The van der Waals surface area contributed by atoms with Crippen molar-refractivity contribution < 1.29 is 14.3 Å². The number of aryl methyl sites for hydroxylation is 2. The number of carboxylic acid groups (broad SMARTS) is 1. The van der Waals surface area contributed by atoms with E-state index in [1.807, 2.05) is 13.8 Å². The number of thiophene rings is 1. The first kappa shape index (κ1) is 17.2. The molecule has 0 aliphatic carbocycles. The number of fused-ring (bicyclic) bond motifs is 1. The van der Waals surface area contributed by atoms with Gasteiger partial charge in [0.2, 0.25) is 5.76 Å². The molecule has 0 saturated carbocycles. The van der Waals surface area contributed by atoms with Crippen molar-refractivity contribution in [2.45, 2.75) is 20.4 Å². The van der Waals surface area contributed by atoms with Gasteiger partial charge in [0.15, 0.2) is 0 Å². The van der Waals surface area contributed by atoms with Crippen LogP contribution >= 0.6 is 11.3 Å². The van der Waals surface area contributed by atoms with E-state index in [4.69, 9.17) is 14.5 Å². The van der Waals surface area contributed by atoms with Gasteiger partial charge in [0.25, 0.3) is 5.56 Å². The van der Waals surface area contributed by atoms with Crippen LogP contribution in [0.15, 0.2) is 45.9 Å². The Hall–Kier alpha value is -3.26. The Labute approximate surface area is 157 Å². The van der Waals surface area contributed by atoms with E-state index in [9.17, 15) is 9.59 Å². The Kier molecular flexibility index (Phi) is 4.12. The van der Waals surface area contributed by atoms with Gasteiger partial charge in [-0.15, -0.1) is 11.3 Å². The van der Waals surface area contributed by atoms with Crippen molar-refractivity contribution in [2.24, 2.45) is 0 Å². The monoisotopic (exact) mass is 381 g/mol. The number of hydrogen-bond donors (Lipinski definition) is 1. The zero-order valence-electron chi connectivity index (χ0n) is 14.6. The molecule has 0 aromatic carbocycles. The van der Waals surface area contributed by atoms with Gasteiger partial charge in [-0.25, -0.2) is 9.78 Å². The fourth-order valence-electron chi connectivity index (χ4n) is 2.93. The summed E-state index contributed by atoms with van der Waals surface area (Å²) in [4.78, 5) is 34.8. The summed E-state index contributed by atoms with van der Waals surface area (Å²) in [5.41, 5.74) is 1.48. The van der Waals surface area contributed by atoms with Gasteiger partial charge in [-0.2, -0.15) is 0 Å². The molecular formula is C19H15N3O4S. The first-order valence-corrected chi connectivity index (χ1v) is 9.00. The lowest BCUT2D eigenvalue weighted by Crippen LogP contribution is -2.24. The Morgan fingerprint density at radius 1 is 1.22 bits per heavy atom. The summed E-state index contributed by atoms with van der Waals surface area (Å²) >= 11 is 1.48. The highest BCUT2D eigenvalue weighted by molar-refractivity contribution is 7.18. The van der Waals surface area contributed by atoms with Crippen LogP contribution in [0.2, 0.25) is 0 Å². The smallest absolute Gasteiger partial charge is 0.371 e. The molecule has 4 aromatic rings. The van der Waals surface area contributed by atoms with Crippen LogP contribution in [0.5, 0.6) is 0 Å². The minimum absolute atomic E-state index is 0.0844. The lowest BCUT2D eigenvalue weighted by molar-refractivity contribution is 0.0660. The van der Waals surface area contributed by atoms with Crippen molar-refractivity contribution in [1.29, 1.82) is 0 Å². The van der Waals surface area contributed by atoms with E-state index in [0.29, 0.717) is 21.8 Å². The molecule has 0 atom stereocenters. The number of aromatic nitrogens is 3. The van der Waals surface area contributed by atoms with E-state index >= 15 is 0 Å². The molecule has 7 nitrogen and oxygen atoms in total. The Morgan fingerprint density at radius 3 is 2.63 bits per heavy atom. The van der Waals surface area contributed by atoms with E-state index in [1.165, 1.54) is 22.0 Å². The topological polar surface area (TPSA) is 98.2 Å². The van der Waals surface area contributed by atoms with Gasteiger partial charge in [0.1, 0.15) is 16.4 Å². The summed E-state index contributed by atoms with van der Waals surface area (Å²) in [6.07, 6.45) is 3.27. The molecule has 4 rings (SSSR count). The van der Waals surface area contributed by atoms with Gasteiger partial charge in [-0.3, -0.25) is 14.3 Å². The SMILES string of the molecule is Cc1sc2nc(-c3ccncc3)n(Cc3ccc(C(=O)O)o3)c(=O)c2c1C. The van der Waals surface area contributed by atoms with Crippen molar-refractivity contribution in [3.8, 4) is 11.4 Å². The molecule has 1 N–H and O–H groups in total. The number of carboxylic acids is 1. The molecule has 0 fully saturated rings. The molecule has 0 unspecified atom stereocenters. The van der Waals surface area contributed by atoms with Crippen LogP contribution in [-0.4, -0.2) is 25.6 Å². The van der Waals surface area contributed by atoms with Crippen molar-refractivity contribution in [3.63, 3.8) is 0 Å². The quantitative estimate of drug-likeness (QED) is 0.581. The van der Waals surface area contributed by atoms with E-state index in [-0.39, 0.29) is 17.9 Å². The Morgan fingerprint density at radius 2 is 1.96 bits per heavy atom. The molecule has 4 heterocycles. The van der Waals surface area contributed by atoms with Gasteiger partial charge in [-0.05, 0) is 43.7 Å². The molecule has 8 heteroatoms. The van der Waals surface area contributed by atoms with Crippen molar-refractivity contribution in [1.82, 2.24) is 14.5 Å². The summed E-state index contributed by atoms with van der Waals surface area (Å²) in [5.74, 6) is -0.457. The van der Waals surface area contributed by atoms with Gasteiger partial charge in [0, 0.05) is 22.8 Å². The molecule has 136 valence electrons. The number of carbonyl (C=O) groups is 1. The molecule has 0 saturated heterocycles. The standard InChI is InChI=1S/C19H15N3O4S/c1-10-11(2)27-17-15(10)18(23)22(9-13-3-4-14(26-13)19(24)25)16(21-17)12-5-7-20-8-6-12/h3-8H,9H2,1-2H3,(H,24,25). The zero-order chi connectivity index (χ0) is 19.1. The highest BCUT2D eigenvalue weighted by Gasteiger charge is 2.19. The zero-order valence-corrected chi connectivity index (χ0v) is 15.4. The van der Waals surface area contributed by atoms with Crippen LogP contribution in [0.1, 0.15) is 26.8 Å². The van der Waals surface area contributed by atoms with E-state index in [2.05, 4.69) is 4.98 Å². The third-order valence-electron chi connectivity index (χ3n) is 4.41. The van der Waals surface area contributed by atoms with Crippen LogP contribution in [0.25, 0.3) is 21.6 Å². The van der Waals surface area contributed by atoms with Gasteiger partial charge in [0.05, 0.1) is 11.9 Å². The number of pyridine rings is 1. The molecule has 0 radical (unpaired) electrons. The molecular weight excluding hydrogens is 366 g/mol. The first-order chi connectivity index (χ1) is 13.0. The summed E-state index contributed by atoms with van der Waals surface area (Å²) < 4.78 is 6.86. The minimum atomic E-state index is -1.15. The predicted molar refractivity (Wildman–Crippen MR) is 101 cm³/mol. The van der Waals surface area contributed by atoms with E-state index in [1.54, 1.807) is 30.6 Å². The molecule has 27 heavy (non-hydrogen) atoms. The van der Waals surface area contributed by atoms with Crippen LogP contribution in [0.3, 0.4) is 0 Å². The van der Waals surface area contributed by atoms with Gasteiger partial charge in [-0.1, -0.05) is 0 Å². The van der Waals surface area contributed by atoms with E-state index in [0.717, 1.165) is 16.0 Å². The largest absolute Gasteiger partial charge is 0.475 e. The fraction of sp³-hybridized carbons (Fsp3) is 0.158. The average Bonchev–Trinajstić information content (AvgIpc) is 3.23. The van der Waals surface area contributed by atoms with Crippen LogP contribution < -0.4 is 5.56 Å². The number of nitrogens with zero attached hydrogens (tertiary/aromatic N) is 3. The highest BCUT2D eigenvalue weighted by atomic mass is 32.1. The fourth-order valence-corrected chi connectivity index (χ4v) is 3.95. The number of aromatic carboxylic acids is 1. The van der Waals surface area contributed by atoms with Gasteiger partial charge >= 0.3 is 5.97 Å². The van der Waals surface area contributed by atoms with Crippen LogP contribution in [0, 0.1) is 13.8 Å². The van der Waals surface area contributed by atoms with Crippen LogP contribution in [-0.2, 0) is 6.54 Å². The van der Waals surface area contributed by atoms with Crippen molar-refractivity contribution in [3.05, 3.63) is 69.0 Å². The molecule has 4 aromatic heterocycles. The molecule has 0 aliphatic heterocycles. The molecule has 0 spiro atoms. The third kappa shape index (κ3) is 2.93. The second-order valence-corrected chi connectivity index (χ2v) is 7.30. The maximum atomic E-state index is 13.3. The number of rotatable bonds is 4. The number of hydrogen-bond acceptors (Lipinski definition) is 6. The second-order valence-electron chi connectivity index (χ2n) is 6.10. The lowest BCUT2D eigenvalue weighted by atomic mass is 10.2. The highest BCUT2D eigenvalue weighted by Crippen LogP contribution is 2.28. The van der Waals surface area contributed by atoms with Crippen molar-refractivity contribution in [2.75, 3.05) is 0 Å². The maximum absolute atomic E-state index is 13.3. The number of furan rings is 1. The lowest BCUT2D eigenvalue weighted by Gasteiger charge is -2.11. The summed E-state index contributed by atoms with van der Waals surface area (Å²) in [5, 5.41) is 9.64. The summed E-state index contributed by atoms with van der Waals surface area (Å²) in [6, 6.07) is 6.49. The Bertz CT molecular complexity index is 1220. The normalized spacial score (nSPS) is 11.2. The first-order valence-electron chi connectivity index (χ1n) is 8.18. The predicted octanol–water partition coefficient (Wildman–Crippen LogP) is 3.48.